The van der Waals surface area contributed by atoms with Crippen LogP contribution in [0.5, 0.6) is 0 Å². The molecule has 52 nitrogen and oxygen atoms in total. The van der Waals surface area contributed by atoms with Crippen molar-refractivity contribution < 1.29 is 244 Å². The Bertz CT molecular complexity index is 3490. The average Bonchev–Trinajstić information content (AvgIpc) is 0.765. The van der Waals surface area contributed by atoms with Gasteiger partial charge in [-0.15, -0.1) is 0 Å². The van der Waals surface area contributed by atoms with Crippen LogP contribution in [0.15, 0.2) is 48.5 Å². The molecule has 0 amide bonds. The predicted octanol–water partition coefficient (Wildman–Crippen LogP) is -8.61. The van der Waals surface area contributed by atoms with Crippen LogP contribution < -0.4 is 49.3 Å². The van der Waals surface area contributed by atoms with Crippen LogP contribution in [0, 0.1) is 0 Å². The van der Waals surface area contributed by atoms with Gasteiger partial charge in [-0.25, -0.2) is 4.67 Å². The third-order valence-corrected chi connectivity index (χ3v) is 28.4. The molecule has 0 aromatic heterocycles. The first-order valence-corrected chi connectivity index (χ1v) is 48.2. The molecule has 8 bridgehead atoms. The summed E-state index contributed by atoms with van der Waals surface area (Å²) in [6.45, 7) is 10.4. The maximum atomic E-state index is 12.2. The van der Waals surface area contributed by atoms with Crippen LogP contribution in [0.2, 0.25) is 0 Å². The van der Waals surface area contributed by atoms with Gasteiger partial charge in [0.15, 0.2) is 16.9 Å². The van der Waals surface area contributed by atoms with Crippen molar-refractivity contribution in [2.45, 2.75) is 255 Å². The molecule has 12 N–H and O–H groups in total. The van der Waals surface area contributed by atoms with Gasteiger partial charge in [0.1, 0.15) is 165 Å². The third kappa shape index (κ3) is 30.6. The van der Waals surface area contributed by atoms with Gasteiger partial charge in [0, 0.05) is 69.9 Å². The van der Waals surface area contributed by atoms with E-state index in [4.69, 9.17) is 84.1 Å². The van der Waals surface area contributed by atoms with Gasteiger partial charge in [0.05, 0.1) is 89.5 Å². The van der Waals surface area contributed by atoms with Crippen molar-refractivity contribution >= 4 is 111 Å². The summed E-state index contributed by atoms with van der Waals surface area (Å²) in [6.07, 6.45) is -35.9. The summed E-state index contributed by atoms with van der Waals surface area (Å²) in [5, 5.41) is 105. The average molecular weight is 2040 g/mol. The molecule has 720 valence electrons. The number of rotatable bonds is 22. The SMILES string of the molecule is CC(C)P1(=O)OCc2ccccc2CO1.CCN(CC)P1OCc2ccccc2CO1.COC1C(O)[C@H](O)C(O)C(O)[C@@H]1O.COC1C(OP(=O)([O-])[O-])[C@H](OP(=O)([O-])[O-])C(O[O-])C(OP(=O)([O-])[O-])[C@@H]1OP(=O)([O-])[O-].COC1C(P=O)[C@H](OP)[C@H](P=O)C(OP)[C@@H]1OP.COC1C2OC3OC([C@@H]2O)[C@@H](O)[C@H]1O3.O.O=P[O-].OC1C2OC3OC1C(O)C(O3)C2O.P. The zero-order valence-corrected chi connectivity index (χ0v) is 79.1. The van der Waals surface area contributed by atoms with E-state index in [1.54, 1.807) is 0 Å². The van der Waals surface area contributed by atoms with E-state index < -0.39 is 251 Å². The minimum atomic E-state index is -6.21. The largest absolute Gasteiger partial charge is 0.790 e. The van der Waals surface area contributed by atoms with Gasteiger partial charge in [0.2, 0.25) is 0 Å². The van der Waals surface area contributed by atoms with Gasteiger partial charge in [-0.3, -0.25) is 18.3 Å². The summed E-state index contributed by atoms with van der Waals surface area (Å²) < 4.78 is 193. The van der Waals surface area contributed by atoms with Crippen molar-refractivity contribution in [2.24, 2.45) is 0 Å². The Labute approximate surface area is 724 Å². The molecule has 29 atom stereocenters. The van der Waals surface area contributed by atoms with Gasteiger partial charge in [-0.2, -0.15) is 9.90 Å². The first kappa shape index (κ1) is 117. The van der Waals surface area contributed by atoms with Crippen LogP contribution in [-0.4, -0.2) is 304 Å². The van der Waals surface area contributed by atoms with Crippen molar-refractivity contribution in [1.82, 2.24) is 4.67 Å². The number of nitrogens with zero attached hydrogens (tertiary/aromatic N) is 1. The molecule has 5 saturated carbocycles. The monoisotopic (exact) mass is 2040 g/mol. The lowest BCUT2D eigenvalue weighted by atomic mass is 9.82. The van der Waals surface area contributed by atoms with Crippen LogP contribution in [0.1, 0.15) is 49.9 Å². The highest BCUT2D eigenvalue weighted by molar-refractivity contribution is 7.54. The Kier molecular flexibility index (Phi) is 49.9. The molecule has 2 aromatic carbocycles. The molecule has 0 radical (unpaired) electrons. The van der Waals surface area contributed by atoms with Crippen LogP contribution in [0.4, 0.5) is 0 Å². The van der Waals surface area contributed by atoms with Crippen molar-refractivity contribution in [3.63, 3.8) is 0 Å². The lowest BCUT2D eigenvalue weighted by Gasteiger charge is -2.56. The second kappa shape index (κ2) is 53.1. The molecule has 19 unspecified atom stereocenters. The highest BCUT2D eigenvalue weighted by Crippen LogP contribution is 2.56. The number of aliphatic hydroxyl groups is 10. The zero-order chi connectivity index (χ0) is 91.6. The Morgan fingerprint density at radius 2 is 0.726 bits per heavy atom. The van der Waals surface area contributed by atoms with Gasteiger partial charge in [-0.1, -0.05) is 76.2 Å². The molecule has 0 spiro atoms. The number of phosphoric ester groups is 4. The van der Waals surface area contributed by atoms with E-state index in [9.17, 15) is 122 Å². The van der Waals surface area contributed by atoms with Gasteiger partial charge in [0.25, 0.3) is 21.5 Å². The van der Waals surface area contributed by atoms with E-state index in [0.29, 0.717) is 33.5 Å². The fraction of sp³-hybridized carbons (Fsp3) is 0.797. The maximum absolute atomic E-state index is 12.2. The van der Waals surface area contributed by atoms with E-state index in [0.717, 1.165) is 24.2 Å². The summed E-state index contributed by atoms with van der Waals surface area (Å²) in [4.78, 5) is 99.4. The van der Waals surface area contributed by atoms with Gasteiger partial charge >= 0.3 is 7.60 Å². The number of benzene rings is 2. The quantitative estimate of drug-likeness (QED) is 0.0297. The molecular weight excluding hydrogens is 1940 g/mol. The van der Waals surface area contributed by atoms with Crippen LogP contribution in [-0.2, 0) is 165 Å². The normalized spacial score (nSPS) is 37.5. The van der Waals surface area contributed by atoms with E-state index in [1.165, 1.54) is 32.5 Å². The highest BCUT2D eigenvalue weighted by atomic mass is 31.2. The molecule has 13 aliphatic rings. The molecule has 11 fully saturated rings. The molecule has 6 saturated heterocycles. The second-order valence-corrected chi connectivity index (χ2v) is 38.4. The van der Waals surface area contributed by atoms with Crippen molar-refractivity contribution in [3.05, 3.63) is 70.8 Å². The molecule has 65 heteroatoms. The van der Waals surface area contributed by atoms with Crippen molar-refractivity contribution in [2.75, 3.05) is 41.5 Å². The predicted molar refractivity (Wildman–Crippen MR) is 408 cm³/mol. The Balaban J connectivity index is 0.000000307. The van der Waals surface area contributed by atoms with Gasteiger partial charge < -0.3 is 226 Å². The van der Waals surface area contributed by atoms with Crippen LogP contribution in [0.3, 0.4) is 0 Å². The number of ether oxygens (including phenoxy) is 10. The Hall–Kier alpha value is 0.280. The molecule has 124 heavy (non-hydrogen) atoms. The summed E-state index contributed by atoms with van der Waals surface area (Å²) in [5.74, 6) is 0. The standard InChI is InChI=1S/C12H18NO2P.C11H15O3P.C8H12O6.C7H18O19P4.C7H15O6P5.C7H10O6.C7H14O6.HO2P.H2O.H3P/c1-3-13(4-2)16-14-9-11-7-5-6-8-12(11)10-15-16;1-9(2)15(12)13-7-10-5-3-4-6-11(10)8-14-15;1-11-7-5-2(9)4-3(10)6(7)14-8(12-4)13-5;1-21-2-4(23-27(9,10)11)6(25-29(15,16)17)3(22-8)7(26-30(18,19)20)5(2)24-28(12,13)14;1-10-3-2(11-14)4(12-15)7(18-9)5(13-16)6(3)17-8;8-1-4-2(9)6-3(10)5(1)12-7(11-4)13-6;1-13-7-5(11)3(9)2(8)4(10)6(7)12;1-3-2;;/h5-8H,3-4,9-10H2,1-2H3;3-6,9H,7-8H2,1-2H3;2-10H,1H3;2-8H,1H3,(H2,9,10,11)(H2,12,13,14)(H2,15,16,17)(H2,18,19,20);2-7H,14-16H2,1H3;1-10H;2-12H,1H3;(H,1,2);1H2;1H3/p-10/t;;2-,3+,4?,5-,6?,7?,8?;2?,3?,4-,5?,6?,7-;2-,3?,4?,5+,6?,7-;;2?,3-,4?,5?,6+,7?;;;/m..111.1.../s1. The zero-order valence-electron chi connectivity index (χ0n) is 66.1. The molecular formula is C59H98NO51P13-10. The van der Waals surface area contributed by atoms with E-state index in [1.807, 2.05) is 50.2 Å². The Morgan fingerprint density at radius 1 is 0.444 bits per heavy atom. The number of hydrogen-bond donors (Lipinski definition) is 10. The maximum Gasteiger partial charge on any atom is 0.333 e. The van der Waals surface area contributed by atoms with Crippen molar-refractivity contribution in [1.29, 1.82) is 0 Å². The number of methoxy groups -OCH3 is 4. The molecule has 8 aliphatic heterocycles. The van der Waals surface area contributed by atoms with Crippen LogP contribution in [0.25, 0.3) is 0 Å². The number of phosphoric acid groups is 4. The fourth-order valence-electron chi connectivity index (χ4n) is 13.9. The second-order valence-electron chi connectivity index (χ2n) is 27.2. The van der Waals surface area contributed by atoms with E-state index >= 15 is 0 Å². The highest BCUT2D eigenvalue weighted by Gasteiger charge is 2.64. The number of aliphatic hydroxyl groups excluding tert-OH is 10. The molecule has 2 aromatic rings. The summed E-state index contributed by atoms with van der Waals surface area (Å²) in [7, 11) is -18.8. The number of fused-ring (bicyclic) bond motifs is 2. The first-order valence-electron chi connectivity index (χ1n) is 35.7. The summed E-state index contributed by atoms with van der Waals surface area (Å²) in [5.41, 5.74) is 3.56. The summed E-state index contributed by atoms with van der Waals surface area (Å²) in [6, 6.07) is 16.2. The third-order valence-electron chi connectivity index (χ3n) is 19.8. The lowest BCUT2D eigenvalue weighted by molar-refractivity contribution is -0.710. The first-order chi connectivity index (χ1) is 57.3. The smallest absolute Gasteiger partial charge is 0.333 e. The lowest BCUT2D eigenvalue weighted by Crippen LogP contribution is -2.75. The Morgan fingerprint density at radius 3 is 1.00 bits per heavy atom. The van der Waals surface area contributed by atoms with E-state index in [2.05, 4.69) is 91.5 Å². The number of hydrogen-bond acceptors (Lipinski definition) is 51. The topological polar surface area (TPSA) is 807 Å². The fourth-order valence-corrected chi connectivity index (χ4v) is 21.8. The molecule has 8 heterocycles. The molecule has 15 rings (SSSR count). The van der Waals surface area contributed by atoms with E-state index in [-0.39, 0.29) is 38.0 Å². The van der Waals surface area contributed by atoms with Crippen molar-refractivity contribution in [3.8, 4) is 0 Å². The summed E-state index contributed by atoms with van der Waals surface area (Å²) >= 11 is 0. The van der Waals surface area contributed by atoms with Gasteiger partial charge in [-0.05, 0) is 22.3 Å². The molecule has 5 aliphatic carbocycles. The minimum Gasteiger partial charge on any atom is -0.790 e. The minimum absolute atomic E-state index is 0. The van der Waals surface area contributed by atoms with Crippen LogP contribution >= 0.6 is 111 Å².